The molecule has 0 aliphatic heterocycles. The summed E-state index contributed by atoms with van der Waals surface area (Å²) in [5.74, 6) is 0. The van der Waals surface area contributed by atoms with E-state index in [1.54, 1.807) is 0 Å². The second-order valence-corrected chi connectivity index (χ2v) is 4.76. The Bertz CT molecular complexity index is 297. The molecule has 0 amide bonds. The lowest BCUT2D eigenvalue weighted by Crippen LogP contribution is -2.27. The lowest BCUT2D eigenvalue weighted by molar-refractivity contribution is 0.309. The molecule has 1 unspecified atom stereocenters. The molecule has 0 aliphatic rings. The van der Waals surface area contributed by atoms with E-state index in [1.807, 2.05) is 12.1 Å². The molecule has 0 heterocycles. The van der Waals surface area contributed by atoms with Gasteiger partial charge in [0, 0.05) is 17.6 Å². The van der Waals surface area contributed by atoms with Crippen LogP contribution in [0.25, 0.3) is 0 Å². The maximum absolute atomic E-state index is 5.89. The first-order chi connectivity index (χ1) is 7.61. The minimum Gasteiger partial charge on any atom is -0.328 e. The van der Waals surface area contributed by atoms with Crippen molar-refractivity contribution in [1.29, 1.82) is 0 Å². The minimum absolute atomic E-state index is 0.327. The molecule has 0 saturated heterocycles. The van der Waals surface area contributed by atoms with Gasteiger partial charge in [-0.2, -0.15) is 0 Å². The van der Waals surface area contributed by atoms with Gasteiger partial charge in [-0.3, -0.25) is 0 Å². The predicted molar refractivity (Wildman–Crippen MR) is 70.7 cm³/mol. The highest BCUT2D eigenvalue weighted by atomic mass is 35.5. The quantitative estimate of drug-likeness (QED) is 0.829. The fourth-order valence-electron chi connectivity index (χ4n) is 1.57. The molecule has 90 valence electrons. The van der Waals surface area contributed by atoms with Crippen molar-refractivity contribution in [3.05, 3.63) is 34.9 Å². The SMILES string of the molecule is CCC(N)CCN(C)Cc1ccc(Cl)cc1. The van der Waals surface area contributed by atoms with Crippen LogP contribution in [0, 0.1) is 0 Å². The molecule has 0 aromatic heterocycles. The summed E-state index contributed by atoms with van der Waals surface area (Å²) in [7, 11) is 2.12. The molecule has 0 bridgehead atoms. The largest absolute Gasteiger partial charge is 0.328 e. The Hall–Kier alpha value is -0.570. The van der Waals surface area contributed by atoms with Crippen molar-refractivity contribution in [3.63, 3.8) is 0 Å². The number of hydrogen-bond acceptors (Lipinski definition) is 2. The van der Waals surface area contributed by atoms with Crippen molar-refractivity contribution < 1.29 is 0 Å². The van der Waals surface area contributed by atoms with Gasteiger partial charge in [-0.05, 0) is 44.1 Å². The average molecular weight is 241 g/mol. The Morgan fingerprint density at radius 1 is 1.31 bits per heavy atom. The van der Waals surface area contributed by atoms with Gasteiger partial charge >= 0.3 is 0 Å². The zero-order valence-corrected chi connectivity index (χ0v) is 10.9. The number of halogens is 1. The predicted octanol–water partition coefficient (Wildman–Crippen LogP) is 2.90. The fraction of sp³-hybridized carbons (Fsp3) is 0.538. The summed E-state index contributed by atoms with van der Waals surface area (Å²) < 4.78 is 0. The van der Waals surface area contributed by atoms with Crippen LogP contribution in [0.5, 0.6) is 0 Å². The topological polar surface area (TPSA) is 29.3 Å². The van der Waals surface area contributed by atoms with Crippen LogP contribution in [-0.2, 0) is 6.54 Å². The molecular formula is C13H21ClN2. The van der Waals surface area contributed by atoms with Crippen molar-refractivity contribution in [2.45, 2.75) is 32.4 Å². The fourth-order valence-corrected chi connectivity index (χ4v) is 1.70. The Morgan fingerprint density at radius 2 is 1.94 bits per heavy atom. The first kappa shape index (κ1) is 13.5. The normalized spacial score (nSPS) is 13.1. The lowest BCUT2D eigenvalue weighted by atomic mass is 10.1. The van der Waals surface area contributed by atoms with Gasteiger partial charge in [-0.25, -0.2) is 0 Å². The second kappa shape index (κ2) is 6.89. The first-order valence-corrected chi connectivity index (χ1v) is 6.18. The van der Waals surface area contributed by atoms with E-state index < -0.39 is 0 Å². The van der Waals surface area contributed by atoms with Crippen LogP contribution in [0.3, 0.4) is 0 Å². The van der Waals surface area contributed by atoms with Gasteiger partial charge < -0.3 is 10.6 Å². The van der Waals surface area contributed by atoms with Crippen LogP contribution in [0.2, 0.25) is 5.02 Å². The van der Waals surface area contributed by atoms with Gasteiger partial charge in [0.1, 0.15) is 0 Å². The van der Waals surface area contributed by atoms with E-state index in [4.69, 9.17) is 17.3 Å². The van der Waals surface area contributed by atoms with Gasteiger partial charge in [-0.15, -0.1) is 0 Å². The zero-order valence-electron chi connectivity index (χ0n) is 10.1. The Kier molecular flexibility index (Phi) is 5.81. The van der Waals surface area contributed by atoms with Crippen molar-refractivity contribution in [1.82, 2.24) is 4.90 Å². The van der Waals surface area contributed by atoms with Crippen LogP contribution in [-0.4, -0.2) is 24.5 Å². The van der Waals surface area contributed by atoms with E-state index in [0.29, 0.717) is 6.04 Å². The van der Waals surface area contributed by atoms with Crippen molar-refractivity contribution in [3.8, 4) is 0 Å². The summed E-state index contributed by atoms with van der Waals surface area (Å²) in [6, 6.07) is 8.33. The van der Waals surface area contributed by atoms with E-state index in [9.17, 15) is 0 Å². The number of rotatable bonds is 6. The van der Waals surface area contributed by atoms with E-state index in [0.717, 1.165) is 31.0 Å². The summed E-state index contributed by atoms with van der Waals surface area (Å²) in [5, 5.41) is 0.791. The van der Waals surface area contributed by atoms with Gasteiger partial charge in [-0.1, -0.05) is 30.7 Å². The first-order valence-electron chi connectivity index (χ1n) is 5.80. The molecule has 0 aliphatic carbocycles. The zero-order chi connectivity index (χ0) is 12.0. The molecule has 2 nitrogen and oxygen atoms in total. The highest BCUT2D eigenvalue weighted by Crippen LogP contribution is 2.11. The Morgan fingerprint density at radius 3 is 2.50 bits per heavy atom. The van der Waals surface area contributed by atoms with Gasteiger partial charge in [0.05, 0.1) is 0 Å². The summed E-state index contributed by atoms with van der Waals surface area (Å²) in [4.78, 5) is 2.29. The minimum atomic E-state index is 0.327. The van der Waals surface area contributed by atoms with E-state index in [1.165, 1.54) is 5.56 Å². The molecule has 0 radical (unpaired) electrons. The van der Waals surface area contributed by atoms with Gasteiger partial charge in [0.2, 0.25) is 0 Å². The maximum Gasteiger partial charge on any atom is 0.0406 e. The molecule has 16 heavy (non-hydrogen) atoms. The number of benzene rings is 1. The number of nitrogens with zero attached hydrogens (tertiary/aromatic N) is 1. The highest BCUT2D eigenvalue weighted by molar-refractivity contribution is 6.30. The molecule has 0 fully saturated rings. The Balaban J connectivity index is 2.33. The lowest BCUT2D eigenvalue weighted by Gasteiger charge is -2.18. The number of nitrogens with two attached hydrogens (primary N) is 1. The van der Waals surface area contributed by atoms with E-state index in [-0.39, 0.29) is 0 Å². The maximum atomic E-state index is 5.89. The van der Waals surface area contributed by atoms with Crippen LogP contribution in [0.15, 0.2) is 24.3 Å². The van der Waals surface area contributed by atoms with Crippen LogP contribution >= 0.6 is 11.6 Å². The van der Waals surface area contributed by atoms with E-state index in [2.05, 4.69) is 31.0 Å². The van der Waals surface area contributed by atoms with Crippen molar-refractivity contribution in [2.75, 3.05) is 13.6 Å². The van der Waals surface area contributed by atoms with Crippen LogP contribution in [0.1, 0.15) is 25.3 Å². The molecule has 1 rings (SSSR count). The van der Waals surface area contributed by atoms with Crippen molar-refractivity contribution in [2.24, 2.45) is 5.73 Å². The van der Waals surface area contributed by atoms with Crippen molar-refractivity contribution >= 4 is 11.6 Å². The third kappa shape index (κ3) is 4.97. The summed E-state index contributed by atoms with van der Waals surface area (Å²) in [6.07, 6.45) is 2.11. The molecule has 2 N–H and O–H groups in total. The third-order valence-electron chi connectivity index (χ3n) is 2.77. The average Bonchev–Trinajstić information content (AvgIpc) is 2.29. The Labute approximate surface area is 103 Å². The molecule has 1 aromatic carbocycles. The number of hydrogen-bond donors (Lipinski definition) is 1. The monoisotopic (exact) mass is 240 g/mol. The smallest absolute Gasteiger partial charge is 0.0406 e. The summed E-state index contributed by atoms with van der Waals surface area (Å²) >= 11 is 5.84. The van der Waals surface area contributed by atoms with Gasteiger partial charge in [0.25, 0.3) is 0 Å². The summed E-state index contributed by atoms with van der Waals surface area (Å²) in [6.45, 7) is 4.12. The summed E-state index contributed by atoms with van der Waals surface area (Å²) in [5.41, 5.74) is 7.18. The molecule has 0 saturated carbocycles. The van der Waals surface area contributed by atoms with E-state index >= 15 is 0 Å². The molecule has 3 heteroatoms. The third-order valence-corrected chi connectivity index (χ3v) is 3.02. The van der Waals surface area contributed by atoms with Crippen LogP contribution in [0.4, 0.5) is 0 Å². The molecule has 1 atom stereocenters. The van der Waals surface area contributed by atoms with Gasteiger partial charge in [0.15, 0.2) is 0 Å². The molecular weight excluding hydrogens is 220 g/mol. The molecule has 0 spiro atoms. The highest BCUT2D eigenvalue weighted by Gasteiger charge is 2.03. The molecule has 1 aromatic rings. The van der Waals surface area contributed by atoms with Crippen LogP contribution < -0.4 is 5.73 Å². The standard InChI is InChI=1S/C13H21ClN2/c1-3-13(15)8-9-16(2)10-11-4-6-12(14)7-5-11/h4-7,13H,3,8-10,15H2,1-2H3. The second-order valence-electron chi connectivity index (χ2n) is 4.32.